The van der Waals surface area contributed by atoms with E-state index >= 15 is 0 Å². The lowest BCUT2D eigenvalue weighted by molar-refractivity contribution is -0.138. The number of thiophene rings is 1. The highest BCUT2D eigenvalue weighted by Crippen LogP contribution is 2.32. The molecule has 5 nitrogen and oxygen atoms in total. The Hall–Kier alpha value is -2.39. The Morgan fingerprint density at radius 3 is 2.56 bits per heavy atom. The van der Waals surface area contributed by atoms with Gasteiger partial charge in [0.1, 0.15) is 5.00 Å². The van der Waals surface area contributed by atoms with E-state index in [2.05, 4.69) is 5.32 Å². The smallest absolute Gasteiger partial charge is 0.366 e. The molecule has 3 N–H and O–H groups in total. The summed E-state index contributed by atoms with van der Waals surface area (Å²) in [5.41, 5.74) is 4.75. The normalized spacial score (nSPS) is 11.6. The Morgan fingerprint density at radius 2 is 1.92 bits per heavy atom. The second-order valence-corrected chi connectivity index (χ2v) is 6.32. The van der Waals surface area contributed by atoms with E-state index in [1.54, 1.807) is 5.38 Å². The summed E-state index contributed by atoms with van der Waals surface area (Å²) in [5.74, 6) is -1.11. The third-order valence-corrected chi connectivity index (χ3v) is 4.19. The van der Waals surface area contributed by atoms with Gasteiger partial charge in [0.15, 0.2) is 0 Å². The van der Waals surface area contributed by atoms with Crippen LogP contribution >= 0.6 is 11.3 Å². The predicted molar refractivity (Wildman–Crippen MR) is 89.2 cm³/mol. The lowest BCUT2D eigenvalue weighted by Gasteiger charge is -2.19. The molecule has 2 aromatic rings. The Balaban J connectivity index is 2.01. The SMILES string of the molecule is CN(CC(=O)Nc1sccc1C(N)=O)Cc1ccccc1C(F)(F)F. The number of nitrogens with zero attached hydrogens (tertiary/aromatic N) is 1. The molecule has 0 saturated heterocycles. The van der Waals surface area contributed by atoms with E-state index in [4.69, 9.17) is 5.73 Å². The molecule has 1 heterocycles. The number of hydrogen-bond acceptors (Lipinski definition) is 4. The molecule has 1 aromatic carbocycles. The zero-order valence-corrected chi connectivity index (χ0v) is 14.1. The topological polar surface area (TPSA) is 75.4 Å². The van der Waals surface area contributed by atoms with E-state index in [1.807, 2.05) is 0 Å². The summed E-state index contributed by atoms with van der Waals surface area (Å²) in [6.45, 7) is -0.182. The summed E-state index contributed by atoms with van der Waals surface area (Å²) in [6.07, 6.45) is -4.45. The van der Waals surface area contributed by atoms with E-state index in [0.717, 1.165) is 17.4 Å². The standard InChI is InChI=1S/C16H16F3N3O2S/c1-22(8-10-4-2-3-5-12(10)16(17,18)19)9-13(23)21-15-11(14(20)24)6-7-25-15/h2-7H,8-9H2,1H3,(H2,20,24)(H,21,23). The molecule has 0 radical (unpaired) electrons. The first kappa shape index (κ1) is 18.9. The van der Waals surface area contributed by atoms with E-state index in [0.29, 0.717) is 5.00 Å². The molecule has 2 amide bonds. The minimum atomic E-state index is -4.45. The fourth-order valence-electron chi connectivity index (χ4n) is 2.29. The van der Waals surface area contributed by atoms with E-state index < -0.39 is 23.6 Å². The van der Waals surface area contributed by atoms with Crippen LogP contribution in [-0.4, -0.2) is 30.3 Å². The Morgan fingerprint density at radius 1 is 1.24 bits per heavy atom. The first-order chi connectivity index (χ1) is 11.7. The molecular weight excluding hydrogens is 355 g/mol. The molecule has 134 valence electrons. The zero-order chi connectivity index (χ0) is 18.6. The van der Waals surface area contributed by atoms with Gasteiger partial charge in [-0.1, -0.05) is 18.2 Å². The first-order valence-corrected chi connectivity index (χ1v) is 8.07. The minimum Gasteiger partial charge on any atom is -0.366 e. The number of amides is 2. The largest absolute Gasteiger partial charge is 0.416 e. The molecule has 0 spiro atoms. The molecule has 0 bridgehead atoms. The van der Waals surface area contributed by atoms with Gasteiger partial charge in [0.2, 0.25) is 5.91 Å². The molecule has 0 aliphatic carbocycles. The van der Waals surface area contributed by atoms with Crippen molar-refractivity contribution in [3.8, 4) is 0 Å². The summed E-state index contributed by atoms with van der Waals surface area (Å²) >= 11 is 1.14. The van der Waals surface area contributed by atoms with Crippen LogP contribution in [0.2, 0.25) is 0 Å². The van der Waals surface area contributed by atoms with Crippen molar-refractivity contribution in [1.29, 1.82) is 0 Å². The fraction of sp³-hybridized carbons (Fsp3) is 0.250. The van der Waals surface area contributed by atoms with Gasteiger partial charge in [0, 0.05) is 6.54 Å². The average Bonchev–Trinajstić information content (AvgIpc) is 2.94. The van der Waals surface area contributed by atoms with Crippen LogP contribution in [0.25, 0.3) is 0 Å². The molecule has 2 rings (SSSR count). The number of hydrogen-bond donors (Lipinski definition) is 2. The molecular formula is C16H16F3N3O2S. The number of carbonyl (C=O) groups excluding carboxylic acids is 2. The lowest BCUT2D eigenvalue weighted by atomic mass is 10.1. The summed E-state index contributed by atoms with van der Waals surface area (Å²) in [5, 5.41) is 4.48. The second-order valence-electron chi connectivity index (χ2n) is 5.40. The Bertz CT molecular complexity index is 774. The average molecular weight is 371 g/mol. The van der Waals surface area contributed by atoms with Crippen LogP contribution in [0.1, 0.15) is 21.5 Å². The van der Waals surface area contributed by atoms with Gasteiger partial charge in [-0.15, -0.1) is 11.3 Å². The Labute approximate surface area is 146 Å². The monoisotopic (exact) mass is 371 g/mol. The van der Waals surface area contributed by atoms with Crippen LogP contribution in [0.3, 0.4) is 0 Å². The number of benzene rings is 1. The van der Waals surface area contributed by atoms with Gasteiger partial charge in [-0.3, -0.25) is 14.5 Å². The molecule has 25 heavy (non-hydrogen) atoms. The lowest BCUT2D eigenvalue weighted by Crippen LogP contribution is -2.30. The maximum Gasteiger partial charge on any atom is 0.416 e. The van der Waals surface area contributed by atoms with Crippen LogP contribution in [0.15, 0.2) is 35.7 Å². The zero-order valence-electron chi connectivity index (χ0n) is 13.3. The summed E-state index contributed by atoms with van der Waals surface area (Å²) in [6, 6.07) is 6.71. The van der Waals surface area contributed by atoms with Gasteiger partial charge in [0.05, 0.1) is 17.7 Å². The molecule has 1 aromatic heterocycles. The first-order valence-electron chi connectivity index (χ1n) is 7.19. The van der Waals surface area contributed by atoms with Crippen LogP contribution in [0.4, 0.5) is 18.2 Å². The summed E-state index contributed by atoms with van der Waals surface area (Å²) in [7, 11) is 1.54. The van der Waals surface area contributed by atoms with Gasteiger partial charge >= 0.3 is 6.18 Å². The molecule has 0 unspecified atom stereocenters. The van der Waals surface area contributed by atoms with Gasteiger partial charge < -0.3 is 11.1 Å². The van der Waals surface area contributed by atoms with Crippen LogP contribution in [0.5, 0.6) is 0 Å². The van der Waals surface area contributed by atoms with Crippen LogP contribution < -0.4 is 11.1 Å². The highest BCUT2D eigenvalue weighted by molar-refractivity contribution is 7.14. The summed E-state index contributed by atoms with van der Waals surface area (Å²) < 4.78 is 39.0. The van der Waals surface area contributed by atoms with E-state index in [9.17, 15) is 22.8 Å². The molecule has 0 atom stereocenters. The number of carbonyl (C=O) groups is 2. The van der Waals surface area contributed by atoms with Gasteiger partial charge in [0.25, 0.3) is 5.91 Å². The van der Waals surface area contributed by atoms with Crippen molar-refractivity contribution in [3.05, 3.63) is 52.4 Å². The number of rotatable bonds is 6. The van der Waals surface area contributed by atoms with Crippen LogP contribution in [0, 0.1) is 0 Å². The van der Waals surface area contributed by atoms with Gasteiger partial charge in [-0.25, -0.2) is 0 Å². The molecule has 9 heteroatoms. The van der Waals surface area contributed by atoms with E-state index in [-0.39, 0.29) is 24.2 Å². The number of nitrogens with two attached hydrogens (primary N) is 1. The van der Waals surface area contributed by atoms with Crippen molar-refractivity contribution >= 4 is 28.2 Å². The third-order valence-electron chi connectivity index (χ3n) is 3.36. The molecule has 0 fully saturated rings. The third kappa shape index (κ3) is 5.04. The van der Waals surface area contributed by atoms with Gasteiger partial charge in [-0.2, -0.15) is 13.2 Å². The Kier molecular flexibility index (Phi) is 5.81. The van der Waals surface area contributed by atoms with Crippen molar-refractivity contribution in [2.45, 2.75) is 12.7 Å². The van der Waals surface area contributed by atoms with Crippen molar-refractivity contribution in [2.24, 2.45) is 5.73 Å². The quantitative estimate of drug-likeness (QED) is 0.820. The molecule has 0 aliphatic rings. The minimum absolute atomic E-state index is 0.0454. The maximum absolute atomic E-state index is 13.0. The summed E-state index contributed by atoms with van der Waals surface area (Å²) in [4.78, 5) is 24.7. The van der Waals surface area contributed by atoms with E-state index in [1.165, 1.54) is 36.2 Å². The highest BCUT2D eigenvalue weighted by atomic mass is 32.1. The van der Waals surface area contributed by atoms with Gasteiger partial charge in [-0.05, 0) is 30.1 Å². The number of halogens is 3. The number of nitrogens with one attached hydrogen (secondary N) is 1. The number of likely N-dealkylation sites (N-methyl/N-ethyl adjacent to an activating group) is 1. The molecule has 0 aliphatic heterocycles. The number of alkyl halides is 3. The highest BCUT2D eigenvalue weighted by Gasteiger charge is 2.33. The fourth-order valence-corrected chi connectivity index (χ4v) is 3.10. The maximum atomic E-state index is 13.0. The van der Waals surface area contributed by atoms with Crippen molar-refractivity contribution in [1.82, 2.24) is 4.90 Å². The number of primary amides is 1. The molecule has 0 saturated carbocycles. The predicted octanol–water partition coefficient (Wildman–Crippen LogP) is 2.94. The van der Waals surface area contributed by atoms with Crippen LogP contribution in [-0.2, 0) is 17.5 Å². The second kappa shape index (κ2) is 7.66. The van der Waals surface area contributed by atoms with Crippen molar-refractivity contribution in [3.63, 3.8) is 0 Å². The van der Waals surface area contributed by atoms with Crippen molar-refractivity contribution < 1.29 is 22.8 Å². The number of anilines is 1. The van der Waals surface area contributed by atoms with Crippen molar-refractivity contribution in [2.75, 3.05) is 18.9 Å².